The first-order valence-corrected chi connectivity index (χ1v) is 6.90. The summed E-state index contributed by atoms with van der Waals surface area (Å²) in [6.07, 6.45) is 4.69. The van der Waals surface area contributed by atoms with Gasteiger partial charge in [0.15, 0.2) is 0 Å². The maximum absolute atomic E-state index is 13.3. The minimum atomic E-state index is -0.778. The van der Waals surface area contributed by atoms with Crippen molar-refractivity contribution in [1.29, 1.82) is 0 Å². The van der Waals surface area contributed by atoms with Gasteiger partial charge in [-0.05, 0) is 25.8 Å². The molecule has 3 N–H and O–H groups in total. The zero-order valence-electron chi connectivity index (χ0n) is 11.4. The highest BCUT2D eigenvalue weighted by atomic mass is 19.1. The summed E-state index contributed by atoms with van der Waals surface area (Å²) >= 11 is 0. The van der Waals surface area contributed by atoms with Gasteiger partial charge in [0.1, 0.15) is 18.2 Å². The van der Waals surface area contributed by atoms with Crippen LogP contribution in [0.3, 0.4) is 0 Å². The molecule has 0 aromatic heterocycles. The van der Waals surface area contributed by atoms with Crippen LogP contribution < -0.4 is 10.5 Å². The van der Waals surface area contributed by atoms with Crippen molar-refractivity contribution >= 4 is 0 Å². The van der Waals surface area contributed by atoms with Gasteiger partial charge in [-0.2, -0.15) is 0 Å². The van der Waals surface area contributed by atoms with Gasteiger partial charge in [-0.25, -0.2) is 4.39 Å². The molecule has 4 heteroatoms. The van der Waals surface area contributed by atoms with Crippen LogP contribution in [0.1, 0.15) is 50.6 Å². The first-order valence-electron chi connectivity index (χ1n) is 6.90. The fraction of sp³-hybridized carbons (Fsp3) is 0.600. The smallest absolute Gasteiger partial charge is 0.127 e. The highest BCUT2D eigenvalue weighted by Gasteiger charge is 2.30. The Morgan fingerprint density at radius 2 is 2.05 bits per heavy atom. The lowest BCUT2D eigenvalue weighted by Crippen LogP contribution is -2.38. The molecule has 1 aliphatic carbocycles. The predicted molar refractivity (Wildman–Crippen MR) is 72.5 cm³/mol. The summed E-state index contributed by atoms with van der Waals surface area (Å²) in [5, 5.41) is 10.4. The van der Waals surface area contributed by atoms with Crippen LogP contribution in [-0.2, 0) is 0 Å². The molecular formula is C15H22FNO2. The van der Waals surface area contributed by atoms with Gasteiger partial charge in [0.05, 0.1) is 5.60 Å². The molecule has 19 heavy (non-hydrogen) atoms. The lowest BCUT2D eigenvalue weighted by atomic mass is 9.85. The topological polar surface area (TPSA) is 55.5 Å². The van der Waals surface area contributed by atoms with Crippen LogP contribution in [0.5, 0.6) is 5.75 Å². The molecule has 0 amide bonds. The van der Waals surface area contributed by atoms with Crippen LogP contribution in [0, 0.1) is 5.82 Å². The zero-order valence-corrected chi connectivity index (χ0v) is 11.4. The molecule has 0 heterocycles. The zero-order chi connectivity index (χ0) is 13.9. The van der Waals surface area contributed by atoms with E-state index < -0.39 is 5.60 Å². The quantitative estimate of drug-likeness (QED) is 0.882. The molecule has 1 aromatic rings. The van der Waals surface area contributed by atoms with E-state index in [9.17, 15) is 9.50 Å². The van der Waals surface area contributed by atoms with E-state index in [1.807, 2.05) is 6.92 Å². The Morgan fingerprint density at radius 1 is 1.37 bits per heavy atom. The van der Waals surface area contributed by atoms with E-state index in [1.54, 1.807) is 6.07 Å². The van der Waals surface area contributed by atoms with Gasteiger partial charge in [0, 0.05) is 17.7 Å². The Bertz CT molecular complexity index is 428. The third-order valence-electron chi connectivity index (χ3n) is 3.75. The standard InChI is InChI=1S/C15H22FNO2/c1-11(17)13-6-5-12(16)9-14(13)19-10-15(18)7-3-2-4-8-15/h5-6,9,11,18H,2-4,7-8,10,17H2,1H3. The number of rotatable bonds is 4. The minimum absolute atomic E-state index is 0.205. The van der Waals surface area contributed by atoms with E-state index in [4.69, 9.17) is 10.5 Å². The van der Waals surface area contributed by atoms with Gasteiger partial charge >= 0.3 is 0 Å². The summed E-state index contributed by atoms with van der Waals surface area (Å²) < 4.78 is 18.9. The van der Waals surface area contributed by atoms with Crippen LogP contribution in [0.4, 0.5) is 4.39 Å². The van der Waals surface area contributed by atoms with Gasteiger partial charge in [-0.1, -0.05) is 25.3 Å². The van der Waals surface area contributed by atoms with E-state index in [0.717, 1.165) is 37.7 Å². The first-order chi connectivity index (χ1) is 9.00. The van der Waals surface area contributed by atoms with E-state index in [-0.39, 0.29) is 18.5 Å². The summed E-state index contributed by atoms with van der Waals surface area (Å²) in [5.74, 6) is 0.0871. The second-order valence-corrected chi connectivity index (χ2v) is 5.54. The minimum Gasteiger partial charge on any atom is -0.490 e. The number of hydrogen-bond donors (Lipinski definition) is 2. The second-order valence-electron chi connectivity index (χ2n) is 5.54. The molecule has 1 aliphatic rings. The summed E-state index contributed by atoms with van der Waals surface area (Å²) in [6.45, 7) is 2.03. The number of halogens is 1. The van der Waals surface area contributed by atoms with Gasteiger partial charge in [-0.15, -0.1) is 0 Å². The highest BCUT2D eigenvalue weighted by molar-refractivity contribution is 5.36. The molecule has 0 bridgehead atoms. The molecule has 1 saturated carbocycles. The van der Waals surface area contributed by atoms with Crippen molar-refractivity contribution in [3.63, 3.8) is 0 Å². The Hall–Kier alpha value is -1.13. The molecule has 106 valence electrons. The van der Waals surface area contributed by atoms with E-state index in [2.05, 4.69) is 0 Å². The van der Waals surface area contributed by atoms with E-state index >= 15 is 0 Å². The molecule has 1 fully saturated rings. The molecule has 1 atom stereocenters. The SMILES string of the molecule is CC(N)c1ccc(F)cc1OCC1(O)CCCCC1. The maximum Gasteiger partial charge on any atom is 0.127 e. The number of benzene rings is 1. The first kappa shape index (κ1) is 14.3. The summed E-state index contributed by atoms with van der Waals surface area (Å²) in [6, 6.07) is 4.13. The van der Waals surface area contributed by atoms with Crippen LogP contribution in [0.25, 0.3) is 0 Å². The predicted octanol–water partition coefficient (Wildman–Crippen LogP) is 2.92. The summed E-state index contributed by atoms with van der Waals surface area (Å²) in [5.41, 5.74) is 5.83. The Kier molecular flexibility index (Phi) is 4.42. The van der Waals surface area contributed by atoms with Crippen LogP contribution in [0.15, 0.2) is 18.2 Å². The van der Waals surface area contributed by atoms with Crippen LogP contribution in [0.2, 0.25) is 0 Å². The van der Waals surface area contributed by atoms with Crippen molar-refractivity contribution in [2.24, 2.45) is 5.73 Å². The monoisotopic (exact) mass is 267 g/mol. The average Bonchev–Trinajstić information content (AvgIpc) is 2.37. The van der Waals surface area contributed by atoms with Crippen LogP contribution in [-0.4, -0.2) is 17.3 Å². The molecule has 2 rings (SSSR count). The van der Waals surface area contributed by atoms with Gasteiger partial charge in [-0.3, -0.25) is 0 Å². The Labute approximate surface area is 113 Å². The Morgan fingerprint density at radius 3 is 2.68 bits per heavy atom. The van der Waals surface area contributed by atoms with Crippen molar-refractivity contribution in [2.75, 3.05) is 6.61 Å². The Balaban J connectivity index is 2.07. The number of ether oxygens (including phenoxy) is 1. The second kappa shape index (κ2) is 5.88. The van der Waals surface area contributed by atoms with Crippen molar-refractivity contribution < 1.29 is 14.2 Å². The number of nitrogens with two attached hydrogens (primary N) is 1. The van der Waals surface area contributed by atoms with Crippen molar-refractivity contribution in [1.82, 2.24) is 0 Å². The van der Waals surface area contributed by atoms with Crippen molar-refractivity contribution in [3.05, 3.63) is 29.6 Å². The molecule has 1 aromatic carbocycles. The summed E-state index contributed by atoms with van der Waals surface area (Å²) in [4.78, 5) is 0. The van der Waals surface area contributed by atoms with E-state index in [1.165, 1.54) is 12.1 Å². The van der Waals surface area contributed by atoms with Crippen molar-refractivity contribution in [3.8, 4) is 5.75 Å². The molecule has 1 unspecified atom stereocenters. The molecule has 0 aliphatic heterocycles. The fourth-order valence-corrected chi connectivity index (χ4v) is 2.58. The van der Waals surface area contributed by atoms with E-state index in [0.29, 0.717) is 5.75 Å². The lowest BCUT2D eigenvalue weighted by Gasteiger charge is -2.32. The fourth-order valence-electron chi connectivity index (χ4n) is 2.58. The largest absolute Gasteiger partial charge is 0.490 e. The molecule has 3 nitrogen and oxygen atoms in total. The summed E-state index contributed by atoms with van der Waals surface area (Å²) in [7, 11) is 0. The van der Waals surface area contributed by atoms with Crippen LogP contribution >= 0.6 is 0 Å². The molecular weight excluding hydrogens is 245 g/mol. The maximum atomic E-state index is 13.3. The normalized spacial score (nSPS) is 20.0. The van der Waals surface area contributed by atoms with Gasteiger partial charge < -0.3 is 15.6 Å². The number of aliphatic hydroxyl groups is 1. The third kappa shape index (κ3) is 3.67. The lowest BCUT2D eigenvalue weighted by molar-refractivity contribution is -0.0342. The molecule has 0 radical (unpaired) electrons. The van der Waals surface area contributed by atoms with Gasteiger partial charge in [0.25, 0.3) is 0 Å². The average molecular weight is 267 g/mol. The number of hydrogen-bond acceptors (Lipinski definition) is 3. The van der Waals surface area contributed by atoms with Crippen molar-refractivity contribution in [2.45, 2.75) is 50.7 Å². The molecule has 0 saturated heterocycles. The van der Waals surface area contributed by atoms with Gasteiger partial charge in [0.2, 0.25) is 0 Å². The molecule has 0 spiro atoms. The third-order valence-corrected chi connectivity index (χ3v) is 3.75. The highest BCUT2D eigenvalue weighted by Crippen LogP contribution is 2.31.